The number of likely N-dealkylation sites (tertiary alicyclic amines) is 1. The van der Waals surface area contributed by atoms with Crippen LogP contribution in [-0.2, 0) is 9.22 Å². The highest BCUT2D eigenvalue weighted by Crippen LogP contribution is 2.38. The molecule has 0 aromatic rings. The number of hydrogen-bond donors (Lipinski definition) is 0. The van der Waals surface area contributed by atoms with Crippen molar-refractivity contribution in [2.75, 3.05) is 18.4 Å². The SMILES string of the molecule is CC(C)(C)[Si](C)(C)O[C@@H]1CCN(CC#CCBr)C1=O. The Labute approximate surface area is 126 Å². The predicted molar refractivity (Wildman–Crippen MR) is 84.8 cm³/mol. The molecule has 19 heavy (non-hydrogen) atoms. The molecule has 1 rings (SSSR count). The summed E-state index contributed by atoms with van der Waals surface area (Å²) < 4.78 is 6.20. The second kappa shape index (κ2) is 6.42. The maximum atomic E-state index is 12.2. The summed E-state index contributed by atoms with van der Waals surface area (Å²) in [4.78, 5) is 14.0. The molecule has 0 radical (unpaired) electrons. The van der Waals surface area contributed by atoms with E-state index >= 15 is 0 Å². The molecule has 0 spiro atoms. The van der Waals surface area contributed by atoms with E-state index in [4.69, 9.17) is 4.43 Å². The van der Waals surface area contributed by atoms with Gasteiger partial charge in [0, 0.05) is 6.54 Å². The summed E-state index contributed by atoms with van der Waals surface area (Å²) in [6.45, 7) is 12.2. The number of nitrogens with zero attached hydrogens (tertiary/aromatic N) is 1. The van der Waals surface area contributed by atoms with Gasteiger partial charge in [-0.3, -0.25) is 4.79 Å². The van der Waals surface area contributed by atoms with Crippen LogP contribution in [0.5, 0.6) is 0 Å². The van der Waals surface area contributed by atoms with E-state index in [2.05, 4.69) is 61.6 Å². The van der Waals surface area contributed by atoms with Crippen molar-refractivity contribution in [1.29, 1.82) is 0 Å². The van der Waals surface area contributed by atoms with Gasteiger partial charge in [0.2, 0.25) is 0 Å². The molecule has 5 heteroatoms. The molecule has 0 aromatic carbocycles. The second-order valence-corrected chi connectivity index (χ2v) is 11.7. The molecule has 1 aliphatic rings. The molecule has 3 nitrogen and oxygen atoms in total. The first-order valence-electron chi connectivity index (χ1n) is 6.67. The van der Waals surface area contributed by atoms with Gasteiger partial charge in [-0.15, -0.1) is 0 Å². The van der Waals surface area contributed by atoms with Crippen molar-refractivity contribution in [2.45, 2.75) is 51.4 Å². The normalized spacial score (nSPS) is 20.4. The number of alkyl halides is 1. The first kappa shape index (κ1) is 16.7. The van der Waals surface area contributed by atoms with Crippen molar-refractivity contribution in [1.82, 2.24) is 4.90 Å². The van der Waals surface area contributed by atoms with E-state index in [9.17, 15) is 4.79 Å². The zero-order valence-corrected chi connectivity index (χ0v) is 15.1. The number of amides is 1. The molecule has 1 aliphatic heterocycles. The van der Waals surface area contributed by atoms with E-state index in [0.29, 0.717) is 11.9 Å². The minimum absolute atomic E-state index is 0.105. The lowest BCUT2D eigenvalue weighted by molar-refractivity contribution is -0.133. The molecule has 1 atom stereocenters. The standard InChI is InChI=1S/C14H24BrNO2Si/c1-14(2,3)19(4,5)18-12-8-11-16(13(12)17)10-7-6-9-15/h12H,8-11H2,1-5H3/t12-/m1/s1. The van der Waals surface area contributed by atoms with Gasteiger partial charge >= 0.3 is 0 Å². The van der Waals surface area contributed by atoms with Gasteiger partial charge in [-0.05, 0) is 24.6 Å². The topological polar surface area (TPSA) is 29.5 Å². The van der Waals surface area contributed by atoms with Crippen LogP contribution in [0, 0.1) is 11.8 Å². The van der Waals surface area contributed by atoms with Gasteiger partial charge in [-0.1, -0.05) is 48.5 Å². The highest BCUT2D eigenvalue weighted by atomic mass is 79.9. The fourth-order valence-electron chi connectivity index (χ4n) is 1.71. The Kier molecular flexibility index (Phi) is 5.66. The number of halogens is 1. The van der Waals surface area contributed by atoms with Crippen LogP contribution >= 0.6 is 15.9 Å². The highest BCUT2D eigenvalue weighted by molar-refractivity contribution is 9.09. The molecule has 1 saturated heterocycles. The van der Waals surface area contributed by atoms with Crippen molar-refractivity contribution in [3.05, 3.63) is 0 Å². The Morgan fingerprint density at radius 2 is 2.05 bits per heavy atom. The first-order valence-corrected chi connectivity index (χ1v) is 10.7. The zero-order chi connectivity index (χ0) is 14.7. The monoisotopic (exact) mass is 345 g/mol. The maximum absolute atomic E-state index is 12.2. The summed E-state index contributed by atoms with van der Waals surface area (Å²) in [7, 11) is -1.87. The van der Waals surface area contributed by atoms with Crippen molar-refractivity contribution in [2.24, 2.45) is 0 Å². The lowest BCUT2D eigenvalue weighted by Crippen LogP contribution is -2.46. The summed E-state index contributed by atoms with van der Waals surface area (Å²) in [5.41, 5.74) is 0. The van der Waals surface area contributed by atoms with Crippen molar-refractivity contribution >= 4 is 30.2 Å². The maximum Gasteiger partial charge on any atom is 0.251 e. The van der Waals surface area contributed by atoms with Gasteiger partial charge in [-0.25, -0.2) is 0 Å². The summed E-state index contributed by atoms with van der Waals surface area (Å²) in [5, 5.41) is 0.787. The van der Waals surface area contributed by atoms with Crippen LogP contribution in [0.3, 0.4) is 0 Å². The van der Waals surface area contributed by atoms with Crippen LogP contribution in [0.4, 0.5) is 0 Å². The van der Waals surface area contributed by atoms with Gasteiger partial charge in [0.15, 0.2) is 8.32 Å². The molecule has 1 heterocycles. The van der Waals surface area contributed by atoms with Crippen LogP contribution in [0.2, 0.25) is 18.1 Å². The second-order valence-electron chi connectivity index (χ2n) is 6.40. The third kappa shape index (κ3) is 4.33. The average Bonchev–Trinajstić information content (AvgIpc) is 2.60. The highest BCUT2D eigenvalue weighted by Gasteiger charge is 2.43. The van der Waals surface area contributed by atoms with Crippen LogP contribution in [0.15, 0.2) is 0 Å². The van der Waals surface area contributed by atoms with E-state index in [1.165, 1.54) is 0 Å². The van der Waals surface area contributed by atoms with Gasteiger partial charge in [-0.2, -0.15) is 0 Å². The van der Waals surface area contributed by atoms with Crippen molar-refractivity contribution in [3.8, 4) is 11.8 Å². The molecule has 0 aliphatic carbocycles. The van der Waals surface area contributed by atoms with Crippen LogP contribution in [-0.4, -0.2) is 43.6 Å². The predicted octanol–water partition coefficient (Wildman–Crippen LogP) is 3.01. The van der Waals surface area contributed by atoms with Gasteiger partial charge in [0.1, 0.15) is 6.10 Å². The number of hydrogen-bond acceptors (Lipinski definition) is 2. The Bertz CT molecular complexity index is 392. The zero-order valence-electron chi connectivity index (χ0n) is 12.5. The van der Waals surface area contributed by atoms with Crippen LogP contribution in [0.1, 0.15) is 27.2 Å². The van der Waals surface area contributed by atoms with Crippen molar-refractivity contribution < 1.29 is 9.22 Å². The van der Waals surface area contributed by atoms with E-state index in [0.717, 1.165) is 13.0 Å². The van der Waals surface area contributed by atoms with Gasteiger partial charge in [0.25, 0.3) is 5.91 Å². The van der Waals surface area contributed by atoms with Crippen LogP contribution < -0.4 is 0 Å². The summed E-state index contributed by atoms with van der Waals surface area (Å²) >= 11 is 3.25. The minimum atomic E-state index is -1.87. The largest absolute Gasteiger partial charge is 0.405 e. The quantitative estimate of drug-likeness (QED) is 0.447. The lowest BCUT2D eigenvalue weighted by atomic mass is 10.2. The lowest BCUT2D eigenvalue weighted by Gasteiger charge is -2.37. The van der Waals surface area contributed by atoms with Crippen LogP contribution in [0.25, 0.3) is 0 Å². The fraction of sp³-hybridized carbons (Fsp3) is 0.786. The minimum Gasteiger partial charge on any atom is -0.405 e. The number of rotatable bonds is 3. The summed E-state index contributed by atoms with van der Waals surface area (Å²) in [6.07, 6.45) is 0.535. The molecular formula is C14H24BrNO2Si. The molecule has 0 N–H and O–H groups in total. The Hall–Kier alpha value is -0.313. The van der Waals surface area contributed by atoms with E-state index < -0.39 is 8.32 Å². The Balaban J connectivity index is 2.61. The smallest absolute Gasteiger partial charge is 0.251 e. The average molecular weight is 346 g/mol. The van der Waals surface area contributed by atoms with E-state index in [1.807, 2.05) is 0 Å². The fourth-order valence-corrected chi connectivity index (χ4v) is 3.19. The molecule has 1 fully saturated rings. The Morgan fingerprint density at radius 1 is 1.42 bits per heavy atom. The van der Waals surface area contributed by atoms with Crippen molar-refractivity contribution in [3.63, 3.8) is 0 Å². The number of carbonyl (C=O) groups is 1. The van der Waals surface area contributed by atoms with E-state index in [1.54, 1.807) is 4.90 Å². The van der Waals surface area contributed by atoms with E-state index in [-0.39, 0.29) is 17.0 Å². The van der Waals surface area contributed by atoms with Gasteiger partial charge < -0.3 is 9.33 Å². The molecule has 0 saturated carbocycles. The first-order chi connectivity index (χ1) is 8.69. The third-order valence-electron chi connectivity index (χ3n) is 3.95. The third-order valence-corrected chi connectivity index (χ3v) is 8.72. The molecule has 108 valence electrons. The molecule has 1 amide bonds. The summed E-state index contributed by atoms with van der Waals surface area (Å²) in [6, 6.07) is 0. The molecule has 0 unspecified atom stereocenters. The molecule has 0 bridgehead atoms. The Morgan fingerprint density at radius 3 is 2.58 bits per heavy atom. The number of carbonyl (C=O) groups excluding carboxylic acids is 1. The van der Waals surface area contributed by atoms with Gasteiger partial charge in [0.05, 0.1) is 11.9 Å². The molecule has 0 aromatic heterocycles. The molecular weight excluding hydrogens is 322 g/mol. The summed E-state index contributed by atoms with van der Waals surface area (Å²) in [5.74, 6) is 6.01.